The molecule has 1 unspecified atom stereocenters. The van der Waals surface area contributed by atoms with E-state index in [-0.39, 0.29) is 31.1 Å². The first-order valence-electron chi connectivity index (χ1n) is 6.15. The molecule has 1 rings (SSSR count). The largest absolute Gasteiger partial charge is 0.394 e. The van der Waals surface area contributed by atoms with Gasteiger partial charge in [0.25, 0.3) is 0 Å². The van der Waals surface area contributed by atoms with Crippen molar-refractivity contribution >= 4 is 5.91 Å². The highest BCUT2D eigenvalue weighted by Gasteiger charge is 2.14. The van der Waals surface area contributed by atoms with Gasteiger partial charge in [0.1, 0.15) is 6.61 Å². The van der Waals surface area contributed by atoms with Gasteiger partial charge in [-0.2, -0.15) is 0 Å². The van der Waals surface area contributed by atoms with Crippen molar-refractivity contribution in [1.29, 1.82) is 0 Å². The Morgan fingerprint density at radius 1 is 1.33 bits per heavy atom. The SMILES string of the molecule is CC(C)C(CO)NC(=O)COCc1ccccc1. The lowest BCUT2D eigenvalue weighted by Gasteiger charge is -2.19. The van der Waals surface area contributed by atoms with Gasteiger partial charge in [-0.1, -0.05) is 44.2 Å². The van der Waals surface area contributed by atoms with Crippen molar-refractivity contribution in [2.24, 2.45) is 5.92 Å². The van der Waals surface area contributed by atoms with E-state index in [0.29, 0.717) is 6.61 Å². The smallest absolute Gasteiger partial charge is 0.246 e. The fourth-order valence-electron chi connectivity index (χ4n) is 1.51. The van der Waals surface area contributed by atoms with Crippen LogP contribution in [0, 0.1) is 5.92 Å². The monoisotopic (exact) mass is 251 g/mol. The van der Waals surface area contributed by atoms with E-state index in [1.807, 2.05) is 44.2 Å². The van der Waals surface area contributed by atoms with E-state index in [9.17, 15) is 4.79 Å². The predicted octanol–water partition coefficient (Wildman–Crippen LogP) is 1.34. The Kier molecular flexibility index (Phi) is 6.39. The molecule has 4 nitrogen and oxygen atoms in total. The molecule has 0 aliphatic rings. The molecule has 18 heavy (non-hydrogen) atoms. The fourth-order valence-corrected chi connectivity index (χ4v) is 1.51. The second kappa shape index (κ2) is 7.84. The lowest BCUT2D eigenvalue weighted by atomic mass is 10.1. The molecule has 2 N–H and O–H groups in total. The molecule has 0 spiro atoms. The summed E-state index contributed by atoms with van der Waals surface area (Å²) in [6.07, 6.45) is 0. The Morgan fingerprint density at radius 3 is 2.56 bits per heavy atom. The summed E-state index contributed by atoms with van der Waals surface area (Å²) in [5, 5.41) is 11.8. The molecule has 0 bridgehead atoms. The Bertz CT molecular complexity index is 351. The number of rotatable bonds is 7. The summed E-state index contributed by atoms with van der Waals surface area (Å²) >= 11 is 0. The van der Waals surface area contributed by atoms with Crippen molar-refractivity contribution in [3.63, 3.8) is 0 Å². The highest BCUT2D eigenvalue weighted by atomic mass is 16.5. The van der Waals surface area contributed by atoms with Gasteiger partial charge in [-0.25, -0.2) is 0 Å². The van der Waals surface area contributed by atoms with Gasteiger partial charge in [0.15, 0.2) is 0 Å². The number of aliphatic hydroxyl groups is 1. The van der Waals surface area contributed by atoms with Crippen LogP contribution in [0.4, 0.5) is 0 Å². The first-order valence-corrected chi connectivity index (χ1v) is 6.15. The maximum Gasteiger partial charge on any atom is 0.246 e. The minimum atomic E-state index is -0.210. The van der Waals surface area contributed by atoms with E-state index in [1.54, 1.807) is 0 Å². The minimum Gasteiger partial charge on any atom is -0.394 e. The maximum absolute atomic E-state index is 11.6. The second-order valence-corrected chi connectivity index (χ2v) is 4.58. The quantitative estimate of drug-likeness (QED) is 0.768. The molecule has 4 heteroatoms. The molecule has 1 aromatic rings. The zero-order chi connectivity index (χ0) is 13.4. The fraction of sp³-hybridized carbons (Fsp3) is 0.500. The van der Waals surface area contributed by atoms with Crippen molar-refractivity contribution in [2.75, 3.05) is 13.2 Å². The molecule has 0 aliphatic heterocycles. The van der Waals surface area contributed by atoms with Crippen LogP contribution in [-0.2, 0) is 16.1 Å². The summed E-state index contributed by atoms with van der Waals surface area (Å²) < 4.78 is 5.31. The van der Waals surface area contributed by atoms with E-state index >= 15 is 0 Å². The Balaban J connectivity index is 2.25. The Morgan fingerprint density at radius 2 is 2.00 bits per heavy atom. The minimum absolute atomic E-state index is 0.0120. The summed E-state index contributed by atoms with van der Waals surface area (Å²) in [5.41, 5.74) is 1.04. The number of hydrogen-bond donors (Lipinski definition) is 2. The molecule has 0 saturated heterocycles. The molecule has 0 saturated carbocycles. The predicted molar refractivity (Wildman–Crippen MR) is 70.0 cm³/mol. The number of nitrogens with one attached hydrogen (secondary N) is 1. The lowest BCUT2D eigenvalue weighted by molar-refractivity contribution is -0.127. The van der Waals surface area contributed by atoms with Crippen LogP contribution in [0.1, 0.15) is 19.4 Å². The van der Waals surface area contributed by atoms with Gasteiger partial charge in [0.2, 0.25) is 5.91 Å². The first kappa shape index (κ1) is 14.7. The summed E-state index contributed by atoms with van der Waals surface area (Å²) in [5.74, 6) is 0.00625. The molecule has 100 valence electrons. The average molecular weight is 251 g/mol. The molecule has 1 atom stereocenters. The Hall–Kier alpha value is -1.39. The highest BCUT2D eigenvalue weighted by molar-refractivity contribution is 5.77. The van der Waals surface area contributed by atoms with Crippen LogP contribution in [0.15, 0.2) is 30.3 Å². The van der Waals surface area contributed by atoms with E-state index in [4.69, 9.17) is 9.84 Å². The average Bonchev–Trinajstić information content (AvgIpc) is 2.37. The van der Waals surface area contributed by atoms with Crippen molar-refractivity contribution in [2.45, 2.75) is 26.5 Å². The zero-order valence-corrected chi connectivity index (χ0v) is 10.9. The van der Waals surface area contributed by atoms with Crippen LogP contribution in [0.2, 0.25) is 0 Å². The van der Waals surface area contributed by atoms with E-state index in [1.165, 1.54) is 0 Å². The molecule has 1 aromatic carbocycles. The number of carbonyl (C=O) groups excluding carboxylic acids is 1. The van der Waals surface area contributed by atoms with Crippen molar-refractivity contribution < 1.29 is 14.6 Å². The van der Waals surface area contributed by atoms with Crippen LogP contribution in [0.5, 0.6) is 0 Å². The number of aliphatic hydroxyl groups excluding tert-OH is 1. The Labute approximate surface area is 108 Å². The van der Waals surface area contributed by atoms with Gasteiger partial charge >= 0.3 is 0 Å². The number of benzene rings is 1. The second-order valence-electron chi connectivity index (χ2n) is 4.58. The van der Waals surface area contributed by atoms with Gasteiger partial charge in [-0.15, -0.1) is 0 Å². The normalized spacial score (nSPS) is 12.4. The maximum atomic E-state index is 11.6. The van der Waals surface area contributed by atoms with Gasteiger partial charge in [-0.3, -0.25) is 4.79 Å². The molecule has 0 fully saturated rings. The van der Waals surface area contributed by atoms with Gasteiger partial charge in [0.05, 0.1) is 19.3 Å². The van der Waals surface area contributed by atoms with E-state index in [2.05, 4.69) is 5.32 Å². The van der Waals surface area contributed by atoms with Crippen LogP contribution < -0.4 is 5.32 Å². The zero-order valence-electron chi connectivity index (χ0n) is 10.9. The third-order valence-corrected chi connectivity index (χ3v) is 2.69. The van der Waals surface area contributed by atoms with E-state index < -0.39 is 0 Å². The molecule has 0 aromatic heterocycles. The van der Waals surface area contributed by atoms with Crippen LogP contribution in [0.25, 0.3) is 0 Å². The molecule has 0 radical (unpaired) electrons. The highest BCUT2D eigenvalue weighted by Crippen LogP contribution is 2.02. The van der Waals surface area contributed by atoms with Gasteiger partial charge in [0, 0.05) is 0 Å². The molecule has 0 aliphatic carbocycles. The summed E-state index contributed by atoms with van der Waals surface area (Å²) in [4.78, 5) is 11.6. The summed E-state index contributed by atoms with van der Waals surface area (Å²) in [6, 6.07) is 9.48. The molecule has 1 amide bonds. The number of carbonyl (C=O) groups is 1. The first-order chi connectivity index (χ1) is 8.63. The van der Waals surface area contributed by atoms with Crippen molar-refractivity contribution in [3.8, 4) is 0 Å². The standard InChI is InChI=1S/C14H21NO3/c1-11(2)13(8-16)15-14(17)10-18-9-12-6-4-3-5-7-12/h3-7,11,13,16H,8-10H2,1-2H3,(H,15,17). The van der Waals surface area contributed by atoms with Gasteiger partial charge in [-0.05, 0) is 11.5 Å². The third kappa shape index (κ3) is 5.29. The molecule has 0 heterocycles. The van der Waals surface area contributed by atoms with Crippen LogP contribution in [-0.4, -0.2) is 30.3 Å². The number of amides is 1. The molecular weight excluding hydrogens is 230 g/mol. The lowest BCUT2D eigenvalue weighted by Crippen LogP contribution is -2.42. The number of ether oxygens (including phenoxy) is 1. The summed E-state index contributed by atoms with van der Waals surface area (Å²) in [6.45, 7) is 4.28. The van der Waals surface area contributed by atoms with Crippen LogP contribution >= 0.6 is 0 Å². The molecular formula is C14H21NO3. The van der Waals surface area contributed by atoms with Crippen molar-refractivity contribution in [3.05, 3.63) is 35.9 Å². The van der Waals surface area contributed by atoms with E-state index in [0.717, 1.165) is 5.56 Å². The van der Waals surface area contributed by atoms with Crippen molar-refractivity contribution in [1.82, 2.24) is 5.32 Å². The topological polar surface area (TPSA) is 58.6 Å². The van der Waals surface area contributed by atoms with Gasteiger partial charge < -0.3 is 15.2 Å². The van der Waals surface area contributed by atoms with Crippen LogP contribution in [0.3, 0.4) is 0 Å². The summed E-state index contributed by atoms with van der Waals surface area (Å²) in [7, 11) is 0. The third-order valence-electron chi connectivity index (χ3n) is 2.69. The number of hydrogen-bond acceptors (Lipinski definition) is 3.